The molecule has 0 spiro atoms. The standard InChI is InChI=1S/C15H19N3O/c1-11-7-12-5-3-4-6-15(12)18(11)10-14-8-13(9-16-2)17-19-14/h3-6,8,11,16H,7,9-10H2,1-2H3. The van der Waals surface area contributed by atoms with E-state index in [2.05, 4.69) is 46.6 Å². The van der Waals surface area contributed by atoms with Gasteiger partial charge in [-0.2, -0.15) is 0 Å². The molecule has 4 heteroatoms. The number of rotatable bonds is 4. The number of hydrogen-bond donors (Lipinski definition) is 1. The Morgan fingerprint density at radius 3 is 3.11 bits per heavy atom. The zero-order chi connectivity index (χ0) is 13.2. The molecule has 2 heterocycles. The van der Waals surface area contributed by atoms with Crippen LogP contribution in [0.2, 0.25) is 0 Å². The molecule has 0 bridgehead atoms. The maximum atomic E-state index is 5.41. The van der Waals surface area contributed by atoms with Crippen molar-refractivity contribution < 1.29 is 4.52 Å². The summed E-state index contributed by atoms with van der Waals surface area (Å²) in [4.78, 5) is 2.39. The molecule has 19 heavy (non-hydrogen) atoms. The highest BCUT2D eigenvalue weighted by Crippen LogP contribution is 2.32. The minimum Gasteiger partial charge on any atom is -0.361 e. The summed E-state index contributed by atoms with van der Waals surface area (Å²) in [5.74, 6) is 0.925. The van der Waals surface area contributed by atoms with Gasteiger partial charge in [0.05, 0.1) is 12.2 Å². The van der Waals surface area contributed by atoms with Gasteiger partial charge < -0.3 is 14.7 Å². The first kappa shape index (κ1) is 12.2. The van der Waals surface area contributed by atoms with Gasteiger partial charge in [-0.05, 0) is 32.0 Å². The van der Waals surface area contributed by atoms with Crippen LogP contribution in [0, 0.1) is 0 Å². The van der Waals surface area contributed by atoms with Gasteiger partial charge in [-0.3, -0.25) is 0 Å². The third-order valence-corrected chi connectivity index (χ3v) is 3.64. The maximum absolute atomic E-state index is 5.41. The fourth-order valence-corrected chi connectivity index (χ4v) is 2.73. The Bertz CT molecular complexity index is 564. The highest BCUT2D eigenvalue weighted by atomic mass is 16.5. The van der Waals surface area contributed by atoms with E-state index >= 15 is 0 Å². The molecule has 1 aliphatic heterocycles. The van der Waals surface area contributed by atoms with Crippen LogP contribution in [0.1, 0.15) is 23.9 Å². The van der Waals surface area contributed by atoms with Crippen LogP contribution in [0.25, 0.3) is 0 Å². The van der Waals surface area contributed by atoms with E-state index in [9.17, 15) is 0 Å². The summed E-state index contributed by atoms with van der Waals surface area (Å²) >= 11 is 0. The Balaban J connectivity index is 1.79. The molecule has 2 aromatic rings. The molecule has 0 saturated carbocycles. The third-order valence-electron chi connectivity index (χ3n) is 3.64. The molecule has 0 fully saturated rings. The van der Waals surface area contributed by atoms with Crippen molar-refractivity contribution in [1.82, 2.24) is 10.5 Å². The highest BCUT2D eigenvalue weighted by Gasteiger charge is 2.26. The molecule has 1 aliphatic rings. The Hall–Kier alpha value is -1.81. The topological polar surface area (TPSA) is 41.3 Å². The first-order chi connectivity index (χ1) is 9.28. The quantitative estimate of drug-likeness (QED) is 0.913. The van der Waals surface area contributed by atoms with Crippen molar-refractivity contribution in [2.45, 2.75) is 32.5 Å². The molecule has 4 nitrogen and oxygen atoms in total. The molecule has 1 N–H and O–H groups in total. The van der Waals surface area contributed by atoms with Crippen LogP contribution in [0.5, 0.6) is 0 Å². The van der Waals surface area contributed by atoms with Gasteiger partial charge in [0.1, 0.15) is 0 Å². The lowest BCUT2D eigenvalue weighted by Crippen LogP contribution is -2.28. The van der Waals surface area contributed by atoms with E-state index in [1.807, 2.05) is 13.1 Å². The van der Waals surface area contributed by atoms with Crippen molar-refractivity contribution in [2.75, 3.05) is 11.9 Å². The monoisotopic (exact) mass is 257 g/mol. The lowest BCUT2D eigenvalue weighted by Gasteiger charge is -2.23. The Morgan fingerprint density at radius 2 is 2.26 bits per heavy atom. The minimum atomic E-state index is 0.509. The zero-order valence-corrected chi connectivity index (χ0v) is 11.4. The van der Waals surface area contributed by atoms with Gasteiger partial charge in [0.25, 0.3) is 0 Å². The van der Waals surface area contributed by atoms with E-state index in [4.69, 9.17) is 4.52 Å². The van der Waals surface area contributed by atoms with Crippen LogP contribution in [0.15, 0.2) is 34.9 Å². The molecule has 1 atom stereocenters. The molecule has 1 aromatic heterocycles. The van der Waals surface area contributed by atoms with Crippen molar-refractivity contribution in [3.63, 3.8) is 0 Å². The zero-order valence-electron chi connectivity index (χ0n) is 11.4. The predicted molar refractivity (Wildman–Crippen MR) is 75.1 cm³/mol. The SMILES string of the molecule is CNCc1cc(CN2c3ccccc3CC2C)on1. The molecule has 100 valence electrons. The van der Waals surface area contributed by atoms with E-state index in [-0.39, 0.29) is 0 Å². The van der Waals surface area contributed by atoms with Crippen molar-refractivity contribution in [1.29, 1.82) is 0 Å². The van der Waals surface area contributed by atoms with Crippen LogP contribution >= 0.6 is 0 Å². The second kappa shape index (κ2) is 5.05. The second-order valence-corrected chi connectivity index (χ2v) is 5.12. The van der Waals surface area contributed by atoms with E-state index in [0.29, 0.717) is 6.04 Å². The van der Waals surface area contributed by atoms with E-state index in [0.717, 1.165) is 31.0 Å². The van der Waals surface area contributed by atoms with Crippen molar-refractivity contribution in [3.05, 3.63) is 47.3 Å². The van der Waals surface area contributed by atoms with Gasteiger partial charge in [-0.1, -0.05) is 23.4 Å². The van der Waals surface area contributed by atoms with Crippen molar-refractivity contribution in [2.24, 2.45) is 0 Å². The molecular weight excluding hydrogens is 238 g/mol. The molecule has 0 saturated heterocycles. The summed E-state index contributed by atoms with van der Waals surface area (Å²) in [6.07, 6.45) is 1.10. The summed E-state index contributed by atoms with van der Waals surface area (Å²) in [5, 5.41) is 7.14. The molecular formula is C15H19N3O. The minimum absolute atomic E-state index is 0.509. The molecule has 1 aromatic carbocycles. The Labute approximate surface area is 113 Å². The van der Waals surface area contributed by atoms with Crippen LogP contribution < -0.4 is 10.2 Å². The fourth-order valence-electron chi connectivity index (χ4n) is 2.73. The summed E-state index contributed by atoms with van der Waals surface area (Å²) in [7, 11) is 1.91. The summed E-state index contributed by atoms with van der Waals surface area (Å²) in [6.45, 7) is 3.79. The van der Waals surface area contributed by atoms with E-state index in [1.54, 1.807) is 0 Å². The number of aromatic nitrogens is 1. The molecule has 3 rings (SSSR count). The first-order valence-electron chi connectivity index (χ1n) is 6.71. The van der Waals surface area contributed by atoms with Crippen molar-refractivity contribution >= 4 is 5.69 Å². The smallest absolute Gasteiger partial charge is 0.156 e. The van der Waals surface area contributed by atoms with Gasteiger partial charge >= 0.3 is 0 Å². The molecule has 0 amide bonds. The van der Waals surface area contributed by atoms with Gasteiger partial charge in [-0.15, -0.1) is 0 Å². The average molecular weight is 257 g/mol. The number of hydrogen-bond acceptors (Lipinski definition) is 4. The van der Waals surface area contributed by atoms with Gasteiger partial charge in [0.15, 0.2) is 5.76 Å². The number of anilines is 1. The summed E-state index contributed by atoms with van der Waals surface area (Å²) < 4.78 is 5.41. The largest absolute Gasteiger partial charge is 0.361 e. The van der Waals surface area contributed by atoms with E-state index < -0.39 is 0 Å². The molecule has 0 aliphatic carbocycles. The normalized spacial score (nSPS) is 17.8. The summed E-state index contributed by atoms with van der Waals surface area (Å²) in [6, 6.07) is 11.1. The first-order valence-corrected chi connectivity index (χ1v) is 6.71. The van der Waals surface area contributed by atoms with E-state index in [1.165, 1.54) is 11.3 Å². The van der Waals surface area contributed by atoms with Crippen molar-refractivity contribution in [3.8, 4) is 0 Å². The Morgan fingerprint density at radius 1 is 1.42 bits per heavy atom. The van der Waals surface area contributed by atoms with Crippen LogP contribution in [0.3, 0.4) is 0 Å². The predicted octanol–water partition coefficient (Wildman–Crippen LogP) is 2.35. The lowest BCUT2D eigenvalue weighted by atomic mass is 10.1. The highest BCUT2D eigenvalue weighted by molar-refractivity contribution is 5.59. The van der Waals surface area contributed by atoms with Gasteiger partial charge in [-0.25, -0.2) is 0 Å². The number of nitrogens with zero attached hydrogens (tertiary/aromatic N) is 2. The Kier molecular flexibility index (Phi) is 3.25. The van der Waals surface area contributed by atoms with Crippen LogP contribution in [-0.4, -0.2) is 18.2 Å². The second-order valence-electron chi connectivity index (χ2n) is 5.12. The van der Waals surface area contributed by atoms with Gasteiger partial charge in [0, 0.05) is 24.3 Å². The van der Waals surface area contributed by atoms with Crippen LogP contribution in [-0.2, 0) is 19.5 Å². The molecule has 0 radical (unpaired) electrons. The van der Waals surface area contributed by atoms with Gasteiger partial charge in [0.2, 0.25) is 0 Å². The number of nitrogens with one attached hydrogen (secondary N) is 1. The number of para-hydroxylation sites is 1. The summed E-state index contributed by atoms with van der Waals surface area (Å²) in [5.41, 5.74) is 3.70. The third kappa shape index (κ3) is 2.36. The maximum Gasteiger partial charge on any atom is 0.156 e. The fraction of sp³-hybridized carbons (Fsp3) is 0.400. The lowest BCUT2D eigenvalue weighted by molar-refractivity contribution is 0.372. The average Bonchev–Trinajstić information content (AvgIpc) is 2.96. The molecule has 1 unspecified atom stereocenters. The number of benzene rings is 1. The van der Waals surface area contributed by atoms with Crippen LogP contribution in [0.4, 0.5) is 5.69 Å². The number of fused-ring (bicyclic) bond motifs is 1.